The number of amides is 1. The first-order chi connectivity index (χ1) is 26.7. The van der Waals surface area contributed by atoms with Crippen molar-refractivity contribution in [3.05, 3.63) is 82.3 Å². The SMILES string of the molecule is CC(/C=C/C(=O)N=[N+]=[N-])=C\[C@@H](C)[C@H]1C/C(C)=C/C=C/CC[C@@H](O[Si](C)(C)C)[C@H](O[Si](C(C)C)(C(C)C)C(C)C)/C=C/[C@H](O[Si](C)(C)C(C)(C)C)CCC/C=C/C(=O)O1. The topological polar surface area (TPSA) is 120 Å². The van der Waals surface area contributed by atoms with Crippen LogP contribution in [0.15, 0.2) is 77.0 Å². The van der Waals surface area contributed by atoms with Gasteiger partial charge in [0.05, 0.1) is 18.3 Å². The van der Waals surface area contributed by atoms with E-state index in [2.05, 4.69) is 142 Å². The highest BCUT2D eigenvalue weighted by Crippen LogP contribution is 2.44. The van der Waals surface area contributed by atoms with E-state index in [1.54, 1.807) is 12.2 Å². The summed E-state index contributed by atoms with van der Waals surface area (Å²) >= 11 is 0. The molecule has 0 aromatic rings. The van der Waals surface area contributed by atoms with Gasteiger partial charge in [-0.05, 0) is 117 Å². The molecule has 0 fully saturated rings. The van der Waals surface area contributed by atoms with Gasteiger partial charge < -0.3 is 18.0 Å². The molecule has 1 heterocycles. The Labute approximate surface area is 356 Å². The van der Waals surface area contributed by atoms with Gasteiger partial charge in [-0.3, -0.25) is 4.79 Å². The van der Waals surface area contributed by atoms with E-state index in [9.17, 15) is 9.59 Å². The maximum Gasteiger partial charge on any atom is 0.330 e. The molecule has 0 N–H and O–H groups in total. The van der Waals surface area contributed by atoms with Crippen molar-refractivity contribution in [2.45, 2.75) is 200 Å². The third kappa shape index (κ3) is 18.8. The molecule has 1 aliphatic heterocycles. The van der Waals surface area contributed by atoms with Gasteiger partial charge in [-0.2, -0.15) is 0 Å². The van der Waals surface area contributed by atoms with Crippen molar-refractivity contribution in [1.29, 1.82) is 0 Å². The number of hydrogen-bond donors (Lipinski definition) is 0. The fourth-order valence-corrected chi connectivity index (χ4v) is 15.6. The van der Waals surface area contributed by atoms with Crippen LogP contribution < -0.4 is 0 Å². The second kappa shape index (κ2) is 24.6. The molecule has 1 amide bonds. The number of nitrogens with zero attached hydrogens (tertiary/aromatic N) is 3. The maximum absolute atomic E-state index is 13.2. The highest BCUT2D eigenvalue weighted by molar-refractivity contribution is 6.77. The lowest BCUT2D eigenvalue weighted by molar-refractivity contribution is -0.144. The first-order valence-corrected chi connectivity index (χ1v) is 30.1. The Morgan fingerprint density at radius 1 is 0.914 bits per heavy atom. The summed E-state index contributed by atoms with van der Waals surface area (Å²) in [4.78, 5) is 27.5. The molecule has 0 saturated heterocycles. The number of rotatable bonds is 13. The van der Waals surface area contributed by atoms with E-state index in [1.807, 2.05) is 26.0 Å². The normalized spacial score (nSPS) is 25.1. The molecule has 12 heteroatoms. The average molecular weight is 856 g/mol. The van der Waals surface area contributed by atoms with Crippen LogP contribution in [-0.4, -0.2) is 61.2 Å². The molecule has 0 aromatic heterocycles. The molecule has 9 nitrogen and oxygen atoms in total. The van der Waals surface area contributed by atoms with E-state index in [-0.39, 0.29) is 35.2 Å². The zero-order chi connectivity index (χ0) is 44.5. The minimum Gasteiger partial charge on any atom is -0.458 e. The molecule has 0 radical (unpaired) electrons. The Hall–Kier alpha value is -2.58. The summed E-state index contributed by atoms with van der Waals surface area (Å²) in [6.07, 6.45) is 22.9. The van der Waals surface area contributed by atoms with Gasteiger partial charge in [-0.25, -0.2) is 4.79 Å². The Morgan fingerprint density at radius 3 is 2.09 bits per heavy atom. The third-order valence-electron chi connectivity index (χ3n) is 11.5. The van der Waals surface area contributed by atoms with E-state index in [1.165, 1.54) is 6.08 Å². The molecule has 58 heavy (non-hydrogen) atoms. The lowest BCUT2D eigenvalue weighted by atomic mass is 9.95. The Bertz CT molecular complexity index is 1520. The van der Waals surface area contributed by atoms with Crippen LogP contribution in [-0.2, 0) is 27.6 Å². The van der Waals surface area contributed by atoms with Crippen LogP contribution in [0.3, 0.4) is 0 Å². The molecular weight excluding hydrogens is 775 g/mol. The second-order valence-electron chi connectivity index (χ2n) is 19.6. The minimum atomic E-state index is -2.30. The number of allylic oxidation sites excluding steroid dienone is 6. The van der Waals surface area contributed by atoms with Crippen molar-refractivity contribution in [1.82, 2.24) is 0 Å². The number of carbonyl (C=O) groups excluding carboxylic acids is 2. The fourth-order valence-electron chi connectivity index (χ4n) is 7.58. The Kier molecular flexibility index (Phi) is 22.7. The van der Waals surface area contributed by atoms with E-state index in [0.29, 0.717) is 29.5 Å². The van der Waals surface area contributed by atoms with E-state index < -0.39 is 37.0 Å². The minimum absolute atomic E-state index is 0.0440. The fraction of sp³-hybridized carbons (Fsp3) is 0.696. The molecule has 5 atom stereocenters. The lowest BCUT2D eigenvalue weighted by Crippen LogP contribution is -2.53. The summed E-state index contributed by atoms with van der Waals surface area (Å²) in [5, 5.41) is 3.14. The van der Waals surface area contributed by atoms with E-state index >= 15 is 0 Å². The largest absolute Gasteiger partial charge is 0.458 e. The van der Waals surface area contributed by atoms with E-state index in [0.717, 1.165) is 36.8 Å². The summed E-state index contributed by atoms with van der Waals surface area (Å²) in [7, 11) is -6.42. The Balaban J connectivity index is 3.82. The maximum atomic E-state index is 13.2. The van der Waals surface area contributed by atoms with Gasteiger partial charge in [0.15, 0.2) is 16.6 Å². The van der Waals surface area contributed by atoms with Crippen LogP contribution in [0.4, 0.5) is 0 Å². The predicted octanol–water partition coefficient (Wildman–Crippen LogP) is 14.0. The second-order valence-corrected chi connectivity index (χ2v) is 34.3. The van der Waals surface area contributed by atoms with Crippen LogP contribution in [0.25, 0.3) is 10.4 Å². The van der Waals surface area contributed by atoms with Crippen molar-refractivity contribution < 1.29 is 27.6 Å². The summed E-state index contributed by atoms with van der Waals surface area (Å²) in [6, 6.07) is 0. The van der Waals surface area contributed by atoms with Crippen LogP contribution >= 0.6 is 0 Å². The molecule has 0 unspecified atom stereocenters. The van der Waals surface area contributed by atoms with Gasteiger partial charge in [-0.15, -0.1) is 0 Å². The molecule has 0 bridgehead atoms. The van der Waals surface area contributed by atoms with Crippen molar-refractivity contribution in [3.8, 4) is 0 Å². The van der Waals surface area contributed by atoms with Crippen LogP contribution in [0, 0.1) is 5.92 Å². The van der Waals surface area contributed by atoms with Crippen LogP contribution in [0.2, 0.25) is 54.4 Å². The Morgan fingerprint density at radius 2 is 1.53 bits per heavy atom. The smallest absolute Gasteiger partial charge is 0.330 e. The first-order valence-electron chi connectivity index (χ1n) is 21.6. The van der Waals surface area contributed by atoms with Crippen molar-refractivity contribution in [3.63, 3.8) is 0 Å². The van der Waals surface area contributed by atoms with Gasteiger partial charge in [0, 0.05) is 23.3 Å². The monoisotopic (exact) mass is 856 g/mol. The van der Waals surface area contributed by atoms with Gasteiger partial charge in [0.2, 0.25) is 14.2 Å². The molecule has 0 aromatic carbocycles. The van der Waals surface area contributed by atoms with E-state index in [4.69, 9.17) is 23.5 Å². The first kappa shape index (κ1) is 53.4. The number of carbonyl (C=O) groups is 2. The standard InChI is InChI=1S/C46H81N3O6Si3/c1-34(2)58(35(3)4,36(5)6)55-42-30-29-40(53-57(16,17)46(10,11)12)25-21-19-23-27-45(51)52-43(39(9)32-38(8)28-31-44(50)48-49-47)33-37(7)24-20-18-22-26-41(42)54-56(13,14)15/h18,20,23-24,27-32,34-36,39-43H,19,21-22,25-26,33H2,1-17H3/b20-18+,27-23+,30-29+,31-28+,37-24+,38-32+/t39-,40-,41-,42-,43-/m1/s1. The molecule has 0 spiro atoms. The number of esters is 1. The predicted molar refractivity (Wildman–Crippen MR) is 251 cm³/mol. The number of hydrogen-bond acceptors (Lipinski definition) is 6. The van der Waals surface area contributed by atoms with Crippen molar-refractivity contribution in [2.24, 2.45) is 11.0 Å². The van der Waals surface area contributed by atoms with Gasteiger partial charge >= 0.3 is 5.97 Å². The molecule has 1 rings (SSSR count). The zero-order valence-corrected chi connectivity index (χ0v) is 42.4. The summed E-state index contributed by atoms with van der Waals surface area (Å²) < 4.78 is 27.9. The van der Waals surface area contributed by atoms with Crippen LogP contribution in [0.5, 0.6) is 0 Å². The summed E-state index contributed by atoms with van der Waals surface area (Å²) in [5.74, 6) is -1.21. The third-order valence-corrected chi connectivity index (χ3v) is 23.1. The number of ether oxygens (including phenoxy) is 1. The molecule has 328 valence electrons. The molecular formula is C46H81N3O6Si3. The molecule has 0 saturated carbocycles. The van der Waals surface area contributed by atoms with Gasteiger partial charge in [0.1, 0.15) is 6.10 Å². The quantitative estimate of drug-likeness (QED) is 0.0266. The van der Waals surface area contributed by atoms with Crippen LogP contribution in [0.1, 0.15) is 122 Å². The summed E-state index contributed by atoms with van der Waals surface area (Å²) in [6.45, 7) is 38.2. The van der Waals surface area contributed by atoms with Crippen molar-refractivity contribution in [2.75, 3.05) is 0 Å². The lowest BCUT2D eigenvalue weighted by Gasteiger charge is -2.46. The highest BCUT2D eigenvalue weighted by atomic mass is 28.4. The molecule has 1 aliphatic rings. The molecule has 0 aliphatic carbocycles. The zero-order valence-electron chi connectivity index (χ0n) is 39.4. The number of azide groups is 1. The number of cyclic esters (lactones) is 1. The van der Waals surface area contributed by atoms with Gasteiger partial charge in [0.25, 0.3) is 0 Å². The van der Waals surface area contributed by atoms with Gasteiger partial charge in [-0.1, -0.05) is 129 Å². The van der Waals surface area contributed by atoms with Crippen molar-refractivity contribution >= 4 is 36.8 Å². The summed E-state index contributed by atoms with van der Waals surface area (Å²) in [5.41, 5.74) is 11.7. The highest BCUT2D eigenvalue weighted by Gasteiger charge is 2.48. The average Bonchev–Trinajstić information content (AvgIpc) is 3.07.